The van der Waals surface area contributed by atoms with E-state index in [2.05, 4.69) is 10.3 Å². The number of ketones is 1. The molecule has 2 aromatic rings. The molecule has 1 aliphatic rings. The predicted octanol–water partition coefficient (Wildman–Crippen LogP) is 3.42. The van der Waals surface area contributed by atoms with Crippen molar-refractivity contribution >= 4 is 17.6 Å². The number of carbonyl (C=O) groups is 2. The van der Waals surface area contributed by atoms with Crippen molar-refractivity contribution in [2.75, 3.05) is 5.32 Å². The molecule has 1 heterocycles. The van der Waals surface area contributed by atoms with Gasteiger partial charge < -0.3 is 4.74 Å². The van der Waals surface area contributed by atoms with E-state index in [-0.39, 0.29) is 18.3 Å². The molecule has 0 unspecified atom stereocenters. The molecule has 1 amide bonds. The number of hydrogen-bond donors (Lipinski definition) is 1. The second kappa shape index (κ2) is 6.39. The van der Waals surface area contributed by atoms with Gasteiger partial charge in [-0.3, -0.25) is 15.1 Å². The normalized spacial score (nSPS) is 13.5. The Morgan fingerprint density at radius 1 is 1.18 bits per heavy atom. The summed E-state index contributed by atoms with van der Waals surface area (Å²) < 4.78 is 5.16. The van der Waals surface area contributed by atoms with Crippen LogP contribution in [0.1, 0.15) is 28.8 Å². The molecule has 1 aliphatic carbocycles. The Labute approximate surface area is 128 Å². The number of amides is 1. The van der Waals surface area contributed by atoms with Crippen molar-refractivity contribution in [2.45, 2.75) is 19.4 Å². The van der Waals surface area contributed by atoms with Crippen LogP contribution in [0.4, 0.5) is 10.5 Å². The number of rotatable bonds is 5. The van der Waals surface area contributed by atoms with E-state index in [0.29, 0.717) is 11.3 Å². The summed E-state index contributed by atoms with van der Waals surface area (Å²) in [5.41, 5.74) is 1.80. The Bertz CT molecular complexity index is 681. The van der Waals surface area contributed by atoms with Gasteiger partial charge in [0.15, 0.2) is 5.78 Å². The highest BCUT2D eigenvalue weighted by Crippen LogP contribution is 2.34. The Hall–Kier alpha value is -2.69. The topological polar surface area (TPSA) is 68.3 Å². The van der Waals surface area contributed by atoms with Crippen molar-refractivity contribution in [3.63, 3.8) is 0 Å². The minimum absolute atomic E-state index is 0.0338. The number of ether oxygens (including phenoxy) is 1. The van der Waals surface area contributed by atoms with Gasteiger partial charge in [0.1, 0.15) is 6.61 Å². The lowest BCUT2D eigenvalue weighted by Crippen LogP contribution is -2.16. The second-order valence-electron chi connectivity index (χ2n) is 5.25. The Morgan fingerprint density at radius 3 is 2.68 bits per heavy atom. The highest BCUT2D eigenvalue weighted by Gasteiger charge is 2.32. The molecule has 0 atom stereocenters. The summed E-state index contributed by atoms with van der Waals surface area (Å²) in [7, 11) is 0. The van der Waals surface area contributed by atoms with Gasteiger partial charge in [-0.05, 0) is 24.5 Å². The summed E-state index contributed by atoms with van der Waals surface area (Å²) in [6.45, 7) is 0.184. The lowest BCUT2D eigenvalue weighted by molar-refractivity contribution is 0.0968. The summed E-state index contributed by atoms with van der Waals surface area (Å²) in [5.74, 6) is 0.108. The number of benzene rings is 1. The van der Waals surface area contributed by atoms with Crippen LogP contribution in [0.5, 0.6) is 0 Å². The van der Waals surface area contributed by atoms with E-state index in [4.69, 9.17) is 4.74 Å². The van der Waals surface area contributed by atoms with Crippen LogP contribution in [0.25, 0.3) is 0 Å². The molecule has 5 heteroatoms. The fourth-order valence-electron chi connectivity index (χ4n) is 2.13. The van der Waals surface area contributed by atoms with Crippen molar-refractivity contribution in [3.05, 3.63) is 59.9 Å². The molecule has 1 saturated carbocycles. The molecular weight excluding hydrogens is 280 g/mol. The zero-order valence-electron chi connectivity index (χ0n) is 12.0. The van der Waals surface area contributed by atoms with Crippen LogP contribution in [0.2, 0.25) is 0 Å². The fourth-order valence-corrected chi connectivity index (χ4v) is 2.13. The van der Waals surface area contributed by atoms with Crippen LogP contribution in [0.3, 0.4) is 0 Å². The quantitative estimate of drug-likeness (QED) is 0.858. The first kappa shape index (κ1) is 14.3. The van der Waals surface area contributed by atoms with Crippen molar-refractivity contribution in [3.8, 4) is 0 Å². The highest BCUT2D eigenvalue weighted by molar-refractivity contribution is 6.05. The van der Waals surface area contributed by atoms with E-state index >= 15 is 0 Å². The van der Waals surface area contributed by atoms with Crippen LogP contribution in [-0.2, 0) is 11.3 Å². The van der Waals surface area contributed by atoms with E-state index in [0.717, 1.165) is 18.4 Å². The van der Waals surface area contributed by atoms with Gasteiger partial charge in [-0.2, -0.15) is 0 Å². The number of nitrogens with one attached hydrogen (secondary N) is 1. The molecule has 0 bridgehead atoms. The molecule has 1 aromatic carbocycles. The molecular formula is C17H16N2O3. The maximum Gasteiger partial charge on any atom is 0.411 e. The number of anilines is 1. The lowest BCUT2D eigenvalue weighted by Gasteiger charge is -2.10. The van der Waals surface area contributed by atoms with Gasteiger partial charge in [0, 0.05) is 18.3 Å². The Kier molecular flexibility index (Phi) is 4.14. The van der Waals surface area contributed by atoms with E-state index in [1.807, 2.05) is 30.3 Å². The minimum Gasteiger partial charge on any atom is -0.444 e. The zero-order valence-corrected chi connectivity index (χ0v) is 12.0. The largest absolute Gasteiger partial charge is 0.444 e. The first-order chi connectivity index (χ1) is 10.7. The monoisotopic (exact) mass is 296 g/mol. The van der Waals surface area contributed by atoms with Gasteiger partial charge in [0.2, 0.25) is 0 Å². The zero-order chi connectivity index (χ0) is 15.4. The third kappa shape index (κ3) is 3.49. The van der Waals surface area contributed by atoms with E-state index in [9.17, 15) is 9.59 Å². The fraction of sp³-hybridized carbons (Fsp3) is 0.235. The molecule has 5 nitrogen and oxygen atoms in total. The van der Waals surface area contributed by atoms with Crippen LogP contribution >= 0.6 is 0 Å². The first-order valence-electron chi connectivity index (χ1n) is 7.20. The molecule has 1 aromatic heterocycles. The first-order valence-corrected chi connectivity index (χ1v) is 7.20. The molecule has 3 rings (SSSR count). The summed E-state index contributed by atoms with van der Waals surface area (Å²) in [4.78, 5) is 28.0. The number of hydrogen-bond acceptors (Lipinski definition) is 4. The van der Waals surface area contributed by atoms with Crippen LogP contribution < -0.4 is 5.32 Å². The van der Waals surface area contributed by atoms with Gasteiger partial charge in [-0.25, -0.2) is 4.79 Å². The van der Waals surface area contributed by atoms with Crippen molar-refractivity contribution in [2.24, 2.45) is 5.92 Å². The second-order valence-corrected chi connectivity index (χ2v) is 5.25. The van der Waals surface area contributed by atoms with Crippen LogP contribution in [0, 0.1) is 5.92 Å². The minimum atomic E-state index is -0.583. The maximum absolute atomic E-state index is 12.2. The standard InChI is InChI=1S/C17H16N2O3/c20-16(13-6-7-13)14-10-18-9-8-15(14)19-17(21)22-11-12-4-2-1-3-5-12/h1-5,8-10,13H,6-7,11H2,(H,18,19,21). The molecule has 0 aliphatic heterocycles. The van der Waals surface area contributed by atoms with Crippen molar-refractivity contribution in [1.82, 2.24) is 4.98 Å². The van der Waals surface area contributed by atoms with Crippen molar-refractivity contribution < 1.29 is 14.3 Å². The molecule has 0 spiro atoms. The summed E-state index contributed by atoms with van der Waals surface area (Å²) >= 11 is 0. The number of aromatic nitrogens is 1. The SMILES string of the molecule is O=C(Nc1ccncc1C(=O)C1CC1)OCc1ccccc1. The number of pyridine rings is 1. The third-order valence-electron chi connectivity index (χ3n) is 3.48. The summed E-state index contributed by atoms with van der Waals surface area (Å²) in [6, 6.07) is 11.0. The van der Waals surface area contributed by atoms with E-state index in [1.165, 1.54) is 12.4 Å². The Balaban J connectivity index is 1.63. The Morgan fingerprint density at radius 2 is 1.95 bits per heavy atom. The molecule has 0 radical (unpaired) electrons. The number of nitrogens with zero attached hydrogens (tertiary/aromatic N) is 1. The smallest absolute Gasteiger partial charge is 0.411 e. The molecule has 1 N–H and O–H groups in total. The number of carbonyl (C=O) groups excluding carboxylic acids is 2. The molecule has 22 heavy (non-hydrogen) atoms. The number of Topliss-reactive ketones (excluding diaryl/α,β-unsaturated/α-hetero) is 1. The third-order valence-corrected chi connectivity index (χ3v) is 3.48. The van der Waals surface area contributed by atoms with E-state index in [1.54, 1.807) is 6.07 Å². The van der Waals surface area contributed by atoms with Crippen LogP contribution in [0.15, 0.2) is 48.8 Å². The average molecular weight is 296 g/mol. The summed E-state index contributed by atoms with van der Waals surface area (Å²) in [6.07, 6.45) is 4.26. The van der Waals surface area contributed by atoms with Gasteiger partial charge >= 0.3 is 6.09 Å². The molecule has 112 valence electrons. The highest BCUT2D eigenvalue weighted by atomic mass is 16.5. The molecule has 0 saturated heterocycles. The van der Waals surface area contributed by atoms with Gasteiger partial charge in [0.05, 0.1) is 11.3 Å². The van der Waals surface area contributed by atoms with Crippen LogP contribution in [-0.4, -0.2) is 16.9 Å². The summed E-state index contributed by atoms with van der Waals surface area (Å²) in [5, 5.41) is 2.62. The average Bonchev–Trinajstić information content (AvgIpc) is 3.39. The molecule has 1 fully saturated rings. The lowest BCUT2D eigenvalue weighted by atomic mass is 10.1. The van der Waals surface area contributed by atoms with E-state index < -0.39 is 6.09 Å². The van der Waals surface area contributed by atoms with Gasteiger partial charge in [0.25, 0.3) is 0 Å². The predicted molar refractivity (Wildman–Crippen MR) is 81.5 cm³/mol. The van der Waals surface area contributed by atoms with Gasteiger partial charge in [-0.1, -0.05) is 30.3 Å². The maximum atomic E-state index is 12.2. The van der Waals surface area contributed by atoms with Gasteiger partial charge in [-0.15, -0.1) is 0 Å². The van der Waals surface area contributed by atoms with Crippen molar-refractivity contribution in [1.29, 1.82) is 0 Å².